The second kappa shape index (κ2) is 12.8. The number of hydrogen-bond acceptors (Lipinski definition) is 7. The molecule has 0 aliphatic carbocycles. The third-order valence-corrected chi connectivity index (χ3v) is 7.17. The molecule has 1 unspecified atom stereocenters. The molecule has 0 saturated carbocycles. The molecule has 1 aromatic heterocycles. The molecule has 8 heteroatoms. The van der Waals surface area contributed by atoms with E-state index >= 15 is 0 Å². The van der Waals surface area contributed by atoms with Gasteiger partial charge in [-0.25, -0.2) is 9.48 Å². The molecule has 2 heterocycles. The van der Waals surface area contributed by atoms with Crippen LogP contribution in [0.15, 0.2) is 65.0 Å². The molecule has 0 radical (unpaired) electrons. The van der Waals surface area contributed by atoms with Gasteiger partial charge in [0.05, 0.1) is 12.2 Å². The number of aromatic nitrogens is 3. The van der Waals surface area contributed by atoms with Crippen LogP contribution in [-0.4, -0.2) is 33.1 Å². The number of fused-ring (bicyclic) bond motifs is 1. The van der Waals surface area contributed by atoms with Gasteiger partial charge in [-0.1, -0.05) is 86.5 Å². The summed E-state index contributed by atoms with van der Waals surface area (Å²) in [6.45, 7) is 9.00. The van der Waals surface area contributed by atoms with Gasteiger partial charge in [-0.05, 0) is 38.3 Å². The van der Waals surface area contributed by atoms with E-state index in [1.54, 1.807) is 16.4 Å². The summed E-state index contributed by atoms with van der Waals surface area (Å²) in [7, 11) is 0. The molecule has 7 nitrogen and oxygen atoms in total. The highest BCUT2D eigenvalue weighted by Crippen LogP contribution is 2.40. The number of unbranched alkanes of at least 4 members (excludes halogenated alkanes) is 2. The van der Waals surface area contributed by atoms with Crippen LogP contribution in [0.1, 0.15) is 69.2 Å². The Labute approximate surface area is 223 Å². The largest absolute Gasteiger partial charge is 0.489 e. The van der Waals surface area contributed by atoms with Crippen LogP contribution in [0, 0.1) is 6.92 Å². The summed E-state index contributed by atoms with van der Waals surface area (Å²) in [5, 5.41) is 8.80. The Balaban J connectivity index is 1.70. The first-order valence-electron chi connectivity index (χ1n) is 13.0. The van der Waals surface area contributed by atoms with Gasteiger partial charge in [-0.2, -0.15) is 4.98 Å². The molecule has 1 aliphatic heterocycles. The first-order chi connectivity index (χ1) is 18.0. The molecule has 0 spiro atoms. The van der Waals surface area contributed by atoms with E-state index in [4.69, 9.17) is 19.6 Å². The van der Waals surface area contributed by atoms with E-state index in [1.807, 2.05) is 31.2 Å². The minimum atomic E-state index is -0.521. The number of nitrogens with one attached hydrogen (secondary N) is 1. The summed E-state index contributed by atoms with van der Waals surface area (Å²) in [5.41, 5.74) is 4.36. The van der Waals surface area contributed by atoms with Crippen LogP contribution in [0.2, 0.25) is 0 Å². The Bertz CT molecular complexity index is 1240. The number of carbonyl (C=O) groups excluding carboxylic acids is 1. The molecule has 0 fully saturated rings. The lowest BCUT2D eigenvalue weighted by atomic mass is 9.95. The van der Waals surface area contributed by atoms with E-state index in [9.17, 15) is 4.79 Å². The minimum Gasteiger partial charge on any atom is -0.489 e. The monoisotopic (exact) mass is 520 g/mol. The molecule has 0 bridgehead atoms. The zero-order valence-electron chi connectivity index (χ0n) is 22.1. The first kappa shape index (κ1) is 26.8. The molecule has 1 N–H and O–H groups in total. The number of hydrogen-bond donors (Lipinski definition) is 1. The number of allylic oxidation sites excluding steroid dienone is 1. The van der Waals surface area contributed by atoms with Crippen molar-refractivity contribution >= 4 is 23.7 Å². The molecule has 1 aliphatic rings. The summed E-state index contributed by atoms with van der Waals surface area (Å²) in [6, 6.07) is 15.6. The molecule has 2 aromatic carbocycles. The Morgan fingerprint density at radius 1 is 1.05 bits per heavy atom. The number of nitrogens with zero attached hydrogens (tertiary/aromatic N) is 3. The van der Waals surface area contributed by atoms with Crippen LogP contribution in [0.25, 0.3) is 0 Å². The number of rotatable bonds is 12. The van der Waals surface area contributed by atoms with Crippen molar-refractivity contribution in [3.05, 3.63) is 76.5 Å². The van der Waals surface area contributed by atoms with Crippen molar-refractivity contribution in [1.82, 2.24) is 14.8 Å². The molecule has 0 amide bonds. The van der Waals surface area contributed by atoms with Gasteiger partial charge in [-0.3, -0.25) is 0 Å². The van der Waals surface area contributed by atoms with Crippen LogP contribution in [0.3, 0.4) is 0 Å². The molecule has 4 rings (SSSR count). The van der Waals surface area contributed by atoms with Gasteiger partial charge in [0.2, 0.25) is 11.1 Å². The van der Waals surface area contributed by atoms with E-state index < -0.39 is 6.04 Å². The quantitative estimate of drug-likeness (QED) is 0.162. The summed E-state index contributed by atoms with van der Waals surface area (Å²) < 4.78 is 13.8. The Morgan fingerprint density at radius 2 is 1.81 bits per heavy atom. The Hall–Kier alpha value is -3.26. The second-order valence-electron chi connectivity index (χ2n) is 9.23. The van der Waals surface area contributed by atoms with Gasteiger partial charge in [-0.15, -0.1) is 5.10 Å². The topological polar surface area (TPSA) is 78.3 Å². The third-order valence-electron chi connectivity index (χ3n) is 6.24. The highest BCUT2D eigenvalue weighted by atomic mass is 32.2. The fourth-order valence-electron chi connectivity index (χ4n) is 4.12. The Morgan fingerprint density at radius 3 is 2.57 bits per heavy atom. The molecule has 3 aromatic rings. The van der Waals surface area contributed by atoms with Gasteiger partial charge in [0.25, 0.3) is 0 Å². The van der Waals surface area contributed by atoms with E-state index in [2.05, 4.69) is 50.4 Å². The number of thioether (sulfide) groups is 1. The van der Waals surface area contributed by atoms with Gasteiger partial charge < -0.3 is 14.8 Å². The molecule has 1 atom stereocenters. The summed E-state index contributed by atoms with van der Waals surface area (Å²) in [4.78, 5) is 18.1. The van der Waals surface area contributed by atoms with Crippen molar-refractivity contribution in [1.29, 1.82) is 0 Å². The SMILES string of the molecule is CCCCOC(=O)C1=C(C)Nc2nc(SCCCC)nn2C1c1ccccc1OCc1ccc(C)cc1. The van der Waals surface area contributed by atoms with Crippen molar-refractivity contribution < 1.29 is 14.3 Å². The second-order valence-corrected chi connectivity index (χ2v) is 10.3. The number of anilines is 1. The van der Waals surface area contributed by atoms with E-state index in [0.717, 1.165) is 42.6 Å². The lowest BCUT2D eigenvalue weighted by Gasteiger charge is -2.29. The van der Waals surface area contributed by atoms with Gasteiger partial charge in [0.15, 0.2) is 0 Å². The molecular weight excluding hydrogens is 484 g/mol. The maximum Gasteiger partial charge on any atom is 0.338 e. The van der Waals surface area contributed by atoms with Crippen molar-refractivity contribution in [2.24, 2.45) is 0 Å². The zero-order chi connectivity index (χ0) is 26.2. The summed E-state index contributed by atoms with van der Waals surface area (Å²) in [5.74, 6) is 1.90. The third kappa shape index (κ3) is 6.55. The lowest BCUT2D eigenvalue weighted by Crippen LogP contribution is -2.30. The van der Waals surface area contributed by atoms with E-state index in [1.165, 1.54) is 5.56 Å². The van der Waals surface area contributed by atoms with Crippen LogP contribution in [0.4, 0.5) is 5.95 Å². The lowest BCUT2D eigenvalue weighted by molar-refractivity contribution is -0.139. The maximum absolute atomic E-state index is 13.4. The van der Waals surface area contributed by atoms with Gasteiger partial charge >= 0.3 is 5.97 Å². The minimum absolute atomic E-state index is 0.349. The Kier molecular flexibility index (Phi) is 9.28. The number of ether oxygens (including phenoxy) is 2. The fraction of sp³-hybridized carbons (Fsp3) is 0.414. The smallest absolute Gasteiger partial charge is 0.338 e. The fourth-order valence-corrected chi connectivity index (χ4v) is 5.03. The van der Waals surface area contributed by atoms with Crippen molar-refractivity contribution in [2.45, 2.75) is 71.2 Å². The average molecular weight is 521 g/mol. The summed E-state index contributed by atoms with van der Waals surface area (Å²) in [6.07, 6.45) is 3.97. The maximum atomic E-state index is 13.4. The average Bonchev–Trinajstić information content (AvgIpc) is 3.30. The first-order valence-corrected chi connectivity index (χ1v) is 14.0. The van der Waals surface area contributed by atoms with Crippen molar-refractivity contribution in [2.75, 3.05) is 17.7 Å². The predicted molar refractivity (Wildman–Crippen MR) is 148 cm³/mol. The van der Waals surface area contributed by atoms with Crippen LogP contribution < -0.4 is 10.1 Å². The van der Waals surface area contributed by atoms with E-state index in [0.29, 0.717) is 41.3 Å². The van der Waals surface area contributed by atoms with Gasteiger partial charge in [0, 0.05) is 17.0 Å². The molecular formula is C29H36N4O3S. The predicted octanol–water partition coefficient (Wildman–Crippen LogP) is 6.69. The molecule has 37 heavy (non-hydrogen) atoms. The number of para-hydroxylation sites is 1. The summed E-state index contributed by atoms with van der Waals surface area (Å²) >= 11 is 1.63. The normalized spacial score (nSPS) is 14.8. The van der Waals surface area contributed by atoms with Gasteiger partial charge in [0.1, 0.15) is 18.4 Å². The van der Waals surface area contributed by atoms with Crippen molar-refractivity contribution in [3.63, 3.8) is 0 Å². The van der Waals surface area contributed by atoms with Crippen LogP contribution in [-0.2, 0) is 16.1 Å². The standard InChI is InChI=1S/C29H36N4O3S/c1-5-7-17-35-27(34)25-21(4)30-28-31-29(37-18-8-6-2)32-33(28)26(25)23-11-9-10-12-24(23)36-19-22-15-13-20(3)14-16-22/h9-16,26H,5-8,17-19H2,1-4H3,(H,30,31,32). The van der Waals surface area contributed by atoms with Crippen LogP contribution in [0.5, 0.6) is 5.75 Å². The number of aryl methyl sites for hydroxylation is 1. The molecule has 196 valence electrons. The molecule has 0 saturated heterocycles. The highest BCUT2D eigenvalue weighted by Gasteiger charge is 2.36. The number of carbonyl (C=O) groups is 1. The number of benzene rings is 2. The zero-order valence-corrected chi connectivity index (χ0v) is 22.9. The van der Waals surface area contributed by atoms with Crippen molar-refractivity contribution in [3.8, 4) is 5.75 Å². The van der Waals surface area contributed by atoms with Crippen LogP contribution >= 0.6 is 11.8 Å². The number of esters is 1. The highest BCUT2D eigenvalue weighted by molar-refractivity contribution is 7.99. The van der Waals surface area contributed by atoms with E-state index in [-0.39, 0.29) is 5.97 Å².